The van der Waals surface area contributed by atoms with E-state index in [1.54, 1.807) is 18.9 Å². The molecule has 0 bridgehead atoms. The molecule has 2 heterocycles. The van der Waals surface area contributed by atoms with Crippen LogP contribution < -0.4 is 15.4 Å². The topological polar surface area (TPSA) is 79.9 Å². The van der Waals surface area contributed by atoms with Crippen molar-refractivity contribution in [3.63, 3.8) is 0 Å². The quantitative estimate of drug-likeness (QED) is 0.659. The summed E-state index contributed by atoms with van der Waals surface area (Å²) in [6, 6.07) is 7.93. The molecule has 2 aliphatic heterocycles. The van der Waals surface area contributed by atoms with Crippen LogP contribution in [0.1, 0.15) is 37.7 Å². The maximum absolute atomic E-state index is 12.8. The van der Waals surface area contributed by atoms with Gasteiger partial charge in [-0.05, 0) is 43.4 Å². The van der Waals surface area contributed by atoms with Gasteiger partial charge in [0, 0.05) is 31.7 Å². The highest BCUT2D eigenvalue weighted by Gasteiger charge is 2.45. The lowest BCUT2D eigenvalue weighted by atomic mass is 9.99. The molecule has 4 unspecified atom stereocenters. The van der Waals surface area contributed by atoms with Crippen LogP contribution in [-0.2, 0) is 16.1 Å². The lowest BCUT2D eigenvalue weighted by Crippen LogP contribution is -2.60. The maximum atomic E-state index is 12.8. The second kappa shape index (κ2) is 9.92. The first-order chi connectivity index (χ1) is 14.6. The number of benzene rings is 1. The first-order valence-electron chi connectivity index (χ1n) is 10.8. The third kappa shape index (κ3) is 5.03. The van der Waals surface area contributed by atoms with E-state index in [4.69, 9.17) is 9.47 Å². The Morgan fingerprint density at radius 2 is 2.23 bits per heavy atom. The average molecular weight is 434 g/mol. The van der Waals surface area contributed by atoms with Crippen LogP contribution in [0.5, 0.6) is 5.75 Å². The van der Waals surface area contributed by atoms with Gasteiger partial charge in [-0.15, -0.1) is 11.8 Å². The summed E-state index contributed by atoms with van der Waals surface area (Å²) in [5.41, 5.74) is 0.999. The highest BCUT2D eigenvalue weighted by atomic mass is 32.2. The van der Waals surface area contributed by atoms with E-state index in [0.29, 0.717) is 24.8 Å². The van der Waals surface area contributed by atoms with Gasteiger partial charge in [0.25, 0.3) is 0 Å². The van der Waals surface area contributed by atoms with Gasteiger partial charge in [-0.1, -0.05) is 18.6 Å². The molecule has 1 aliphatic carbocycles. The van der Waals surface area contributed by atoms with Crippen molar-refractivity contribution in [3.8, 4) is 5.75 Å². The van der Waals surface area contributed by atoms with Crippen LogP contribution in [0.25, 0.3) is 0 Å². The van der Waals surface area contributed by atoms with E-state index < -0.39 is 0 Å². The first kappa shape index (κ1) is 21.3. The third-order valence-electron chi connectivity index (χ3n) is 6.29. The number of rotatable bonds is 8. The third-order valence-corrected chi connectivity index (χ3v) is 7.54. The Kier molecular flexibility index (Phi) is 7.04. The average Bonchev–Trinajstić information content (AvgIpc) is 3.45. The molecule has 164 valence electrons. The second-order valence-corrected chi connectivity index (χ2v) is 9.39. The van der Waals surface area contributed by atoms with Crippen molar-refractivity contribution in [2.45, 2.75) is 56.2 Å². The van der Waals surface area contributed by atoms with E-state index in [1.807, 2.05) is 29.2 Å². The Morgan fingerprint density at radius 3 is 3.03 bits per heavy atom. The van der Waals surface area contributed by atoms with Crippen molar-refractivity contribution in [1.29, 1.82) is 0 Å². The van der Waals surface area contributed by atoms with Gasteiger partial charge in [-0.3, -0.25) is 4.79 Å². The molecule has 3 aliphatic rings. The minimum atomic E-state index is -0.0200. The van der Waals surface area contributed by atoms with Gasteiger partial charge >= 0.3 is 6.03 Å². The van der Waals surface area contributed by atoms with Crippen LogP contribution in [0, 0.1) is 5.92 Å². The van der Waals surface area contributed by atoms with Gasteiger partial charge < -0.3 is 25.0 Å². The molecule has 30 heavy (non-hydrogen) atoms. The number of nitrogens with one attached hydrogen (secondary N) is 2. The normalized spacial score (nSPS) is 28.2. The van der Waals surface area contributed by atoms with E-state index in [-0.39, 0.29) is 29.5 Å². The highest BCUT2D eigenvalue weighted by molar-refractivity contribution is 8.00. The van der Waals surface area contributed by atoms with Crippen molar-refractivity contribution in [2.75, 3.05) is 26.0 Å². The molecule has 2 N–H and O–H groups in total. The predicted molar refractivity (Wildman–Crippen MR) is 116 cm³/mol. The number of thioether (sulfide) groups is 1. The Bertz CT molecular complexity index is 756. The minimum Gasteiger partial charge on any atom is -0.497 e. The molecule has 4 rings (SSSR count). The summed E-state index contributed by atoms with van der Waals surface area (Å²) in [5.74, 6) is 1.48. The lowest BCUT2D eigenvalue weighted by molar-refractivity contribution is -0.118. The number of methoxy groups -OCH3 is 1. The van der Waals surface area contributed by atoms with E-state index in [0.717, 1.165) is 50.0 Å². The molecule has 1 aromatic carbocycles. The van der Waals surface area contributed by atoms with E-state index in [1.165, 1.54) is 0 Å². The minimum absolute atomic E-state index is 0.00619. The number of amides is 3. The smallest absolute Gasteiger partial charge is 0.318 e. The van der Waals surface area contributed by atoms with Crippen molar-refractivity contribution < 1.29 is 19.1 Å². The fourth-order valence-electron chi connectivity index (χ4n) is 4.76. The van der Waals surface area contributed by atoms with Gasteiger partial charge in [0.15, 0.2) is 0 Å². The van der Waals surface area contributed by atoms with E-state index in [2.05, 4.69) is 10.6 Å². The largest absolute Gasteiger partial charge is 0.497 e. The zero-order valence-corrected chi connectivity index (χ0v) is 18.3. The zero-order valence-electron chi connectivity index (χ0n) is 17.5. The molecule has 2 saturated heterocycles. The number of carbonyl (C=O) groups is 2. The fraction of sp³-hybridized carbons (Fsp3) is 0.636. The van der Waals surface area contributed by atoms with E-state index in [9.17, 15) is 9.59 Å². The molecule has 8 heteroatoms. The van der Waals surface area contributed by atoms with Gasteiger partial charge in [0.1, 0.15) is 5.75 Å². The number of ether oxygens (including phenoxy) is 2. The van der Waals surface area contributed by atoms with Gasteiger partial charge in [-0.25, -0.2) is 4.79 Å². The Morgan fingerprint density at radius 1 is 1.33 bits per heavy atom. The van der Waals surface area contributed by atoms with Crippen molar-refractivity contribution in [3.05, 3.63) is 29.8 Å². The molecule has 0 radical (unpaired) electrons. The number of urea groups is 1. The van der Waals surface area contributed by atoms with Crippen LogP contribution in [-0.4, -0.2) is 60.4 Å². The molecule has 3 amide bonds. The molecular formula is C22H31N3O4S. The number of hydrogen-bond acceptors (Lipinski definition) is 5. The lowest BCUT2D eigenvalue weighted by Gasteiger charge is -2.43. The maximum Gasteiger partial charge on any atom is 0.318 e. The summed E-state index contributed by atoms with van der Waals surface area (Å²) >= 11 is 1.55. The Hall–Kier alpha value is -1.93. The summed E-state index contributed by atoms with van der Waals surface area (Å²) in [7, 11) is 1.63. The standard InChI is InChI=1S/C22H31N3O4S/c1-28-16-6-2-5-15(11-16)12-23-20(26)14-30-21-18-8-3-9-19(18)25(22(27)24-21)13-17-7-4-10-29-17/h2,5-6,11,17-19,21H,3-4,7-10,12-14H2,1H3,(H,23,26)(H,24,27). The second-order valence-electron chi connectivity index (χ2n) is 8.26. The Balaban J connectivity index is 1.27. The fourth-order valence-corrected chi connectivity index (χ4v) is 5.94. The Labute approximate surface area is 182 Å². The monoisotopic (exact) mass is 433 g/mol. The van der Waals surface area contributed by atoms with E-state index >= 15 is 0 Å². The van der Waals surface area contributed by atoms with Crippen molar-refractivity contribution in [2.24, 2.45) is 5.92 Å². The van der Waals surface area contributed by atoms with Crippen LogP contribution in [0.15, 0.2) is 24.3 Å². The van der Waals surface area contributed by atoms with Crippen LogP contribution in [0.4, 0.5) is 4.79 Å². The SMILES string of the molecule is COc1cccc(CNC(=O)CSC2NC(=O)N(CC3CCCO3)C3CCCC23)c1. The summed E-state index contributed by atoms with van der Waals surface area (Å²) in [4.78, 5) is 27.2. The molecule has 3 fully saturated rings. The number of fused-ring (bicyclic) bond motifs is 1. The molecule has 0 spiro atoms. The summed E-state index contributed by atoms with van der Waals surface area (Å²) in [6.45, 7) is 1.96. The molecule has 1 saturated carbocycles. The molecule has 4 atom stereocenters. The molecule has 0 aromatic heterocycles. The predicted octanol–water partition coefficient (Wildman–Crippen LogP) is 2.74. The molecular weight excluding hydrogens is 402 g/mol. The van der Waals surface area contributed by atoms with Crippen molar-refractivity contribution >= 4 is 23.7 Å². The van der Waals surface area contributed by atoms with Crippen LogP contribution in [0.2, 0.25) is 0 Å². The van der Waals surface area contributed by atoms with Crippen LogP contribution in [0.3, 0.4) is 0 Å². The zero-order chi connectivity index (χ0) is 20.9. The van der Waals surface area contributed by atoms with Crippen molar-refractivity contribution in [1.82, 2.24) is 15.5 Å². The van der Waals surface area contributed by atoms with Gasteiger partial charge in [-0.2, -0.15) is 0 Å². The van der Waals surface area contributed by atoms with Gasteiger partial charge in [0.2, 0.25) is 5.91 Å². The molecule has 7 nitrogen and oxygen atoms in total. The number of hydrogen-bond donors (Lipinski definition) is 2. The summed E-state index contributed by atoms with van der Waals surface area (Å²) < 4.78 is 11.0. The first-order valence-corrected chi connectivity index (χ1v) is 11.9. The number of nitrogens with zero attached hydrogens (tertiary/aromatic N) is 1. The van der Waals surface area contributed by atoms with Crippen LogP contribution >= 0.6 is 11.8 Å². The molecule has 1 aromatic rings. The summed E-state index contributed by atoms with van der Waals surface area (Å²) in [6.07, 6.45) is 5.55. The summed E-state index contributed by atoms with van der Waals surface area (Å²) in [5, 5.41) is 6.11. The van der Waals surface area contributed by atoms with Gasteiger partial charge in [0.05, 0.1) is 24.3 Å². The highest BCUT2D eigenvalue weighted by Crippen LogP contribution is 2.39. The number of carbonyl (C=O) groups excluding carboxylic acids is 2.